The molecule has 0 fully saturated rings. The maximum atomic E-state index is 12.9. The van der Waals surface area contributed by atoms with Crippen LogP contribution in [0.3, 0.4) is 0 Å². The first-order valence-electron chi connectivity index (χ1n) is 33.2. The third-order valence-electron chi connectivity index (χ3n) is 14.3. The molecule has 448 valence electrons. The summed E-state index contributed by atoms with van der Waals surface area (Å²) in [6.45, 7) is 6.54. The van der Waals surface area contributed by atoms with Crippen molar-refractivity contribution in [3.8, 4) is 0 Å². The average molecular weight is 1090 g/mol. The van der Waals surface area contributed by atoms with Gasteiger partial charge in [-0.05, 0) is 103 Å². The molecular weight excluding hydrogens is 961 g/mol. The van der Waals surface area contributed by atoms with Crippen LogP contribution >= 0.6 is 0 Å². The molecule has 0 heterocycles. The maximum absolute atomic E-state index is 12.9. The number of allylic oxidation sites excluding steroid dienone is 16. The Kier molecular flexibility index (Phi) is 62.7. The van der Waals surface area contributed by atoms with Crippen molar-refractivity contribution in [3.05, 3.63) is 97.2 Å². The third kappa shape index (κ3) is 63.2. The van der Waals surface area contributed by atoms with Crippen molar-refractivity contribution in [3.63, 3.8) is 0 Å². The predicted molar refractivity (Wildman–Crippen MR) is 339 cm³/mol. The lowest BCUT2D eigenvalue weighted by Gasteiger charge is -2.18. The topological polar surface area (TPSA) is 78.9 Å². The van der Waals surface area contributed by atoms with E-state index in [-0.39, 0.29) is 31.1 Å². The second kappa shape index (κ2) is 65.8. The van der Waals surface area contributed by atoms with E-state index >= 15 is 0 Å². The minimum atomic E-state index is -0.784. The summed E-state index contributed by atoms with van der Waals surface area (Å²) < 4.78 is 16.9. The molecule has 0 aromatic heterocycles. The Bertz CT molecular complexity index is 1530. The SMILES string of the molecule is CC/C=C\C/C=C\C/C=C\C/C=C\C/C=C\C/C=C\C/C=C\CCCCCCCCCC(=O)OCC(COC(=O)CCCCCCCCCCCCCCCC)OC(=O)CCCCCCCCC/C=C\CCCCCCCC. The van der Waals surface area contributed by atoms with E-state index in [2.05, 4.69) is 118 Å². The van der Waals surface area contributed by atoms with Crippen LogP contribution in [0.2, 0.25) is 0 Å². The Morgan fingerprint density at radius 2 is 0.500 bits per heavy atom. The highest BCUT2D eigenvalue weighted by Crippen LogP contribution is 2.16. The van der Waals surface area contributed by atoms with E-state index in [4.69, 9.17) is 14.2 Å². The van der Waals surface area contributed by atoms with Gasteiger partial charge >= 0.3 is 17.9 Å². The molecule has 0 aliphatic carbocycles. The molecule has 0 aromatic rings. The van der Waals surface area contributed by atoms with Gasteiger partial charge in [0.15, 0.2) is 6.10 Å². The lowest BCUT2D eigenvalue weighted by molar-refractivity contribution is -0.167. The second-order valence-electron chi connectivity index (χ2n) is 22.0. The van der Waals surface area contributed by atoms with Crippen LogP contribution in [0.1, 0.15) is 323 Å². The predicted octanol–water partition coefficient (Wildman–Crippen LogP) is 22.8. The van der Waals surface area contributed by atoms with Gasteiger partial charge in [-0.15, -0.1) is 0 Å². The molecule has 0 amide bonds. The summed E-state index contributed by atoms with van der Waals surface area (Å²) >= 11 is 0. The molecule has 0 aliphatic rings. The minimum absolute atomic E-state index is 0.0794. The van der Waals surface area contributed by atoms with Crippen molar-refractivity contribution in [1.29, 1.82) is 0 Å². The van der Waals surface area contributed by atoms with E-state index in [0.717, 1.165) is 109 Å². The highest BCUT2D eigenvalue weighted by Gasteiger charge is 2.19. The first kappa shape index (κ1) is 74.3. The summed E-state index contributed by atoms with van der Waals surface area (Å²) in [5.74, 6) is -0.882. The summed E-state index contributed by atoms with van der Waals surface area (Å²) in [6.07, 6.45) is 88.4. The molecule has 0 radical (unpaired) electrons. The number of ether oxygens (including phenoxy) is 3. The van der Waals surface area contributed by atoms with Crippen LogP contribution in [0.4, 0.5) is 0 Å². The first-order chi connectivity index (χ1) is 38.5. The number of rotatable bonds is 60. The number of hydrogen-bond donors (Lipinski definition) is 0. The Morgan fingerprint density at radius 1 is 0.269 bits per heavy atom. The fraction of sp³-hybridized carbons (Fsp3) is 0.736. The second-order valence-corrected chi connectivity index (χ2v) is 22.0. The molecule has 0 rings (SSSR count). The molecule has 6 heteroatoms. The number of carbonyl (C=O) groups excluding carboxylic acids is 3. The van der Waals surface area contributed by atoms with E-state index in [9.17, 15) is 14.4 Å². The molecule has 1 atom stereocenters. The van der Waals surface area contributed by atoms with Crippen LogP contribution in [-0.2, 0) is 28.6 Å². The van der Waals surface area contributed by atoms with Gasteiger partial charge in [-0.1, -0.05) is 298 Å². The lowest BCUT2D eigenvalue weighted by Crippen LogP contribution is -2.30. The third-order valence-corrected chi connectivity index (χ3v) is 14.3. The normalized spacial score (nSPS) is 12.7. The first-order valence-corrected chi connectivity index (χ1v) is 33.2. The molecule has 0 bridgehead atoms. The van der Waals surface area contributed by atoms with E-state index in [1.165, 1.54) is 173 Å². The lowest BCUT2D eigenvalue weighted by atomic mass is 10.0. The van der Waals surface area contributed by atoms with Crippen molar-refractivity contribution in [2.45, 2.75) is 329 Å². The maximum Gasteiger partial charge on any atom is 0.306 e. The van der Waals surface area contributed by atoms with Gasteiger partial charge in [0.25, 0.3) is 0 Å². The summed E-state index contributed by atoms with van der Waals surface area (Å²) in [7, 11) is 0. The van der Waals surface area contributed by atoms with Crippen LogP contribution in [0.5, 0.6) is 0 Å². The largest absolute Gasteiger partial charge is 0.462 e. The Balaban J connectivity index is 4.33. The molecular formula is C72H124O6. The molecule has 0 saturated heterocycles. The van der Waals surface area contributed by atoms with Crippen LogP contribution in [0, 0.1) is 0 Å². The standard InChI is InChI=1S/C72H124O6/c1-4-7-10-13-16-19-22-25-28-30-31-32-33-34-35-36-37-38-39-40-41-43-44-47-50-53-56-59-62-65-71(74)77-68-69(67-76-70(73)64-61-58-55-52-49-46-27-24-21-18-15-12-9-6-3)78-72(75)66-63-60-57-54-51-48-45-42-29-26-23-20-17-14-11-8-5-2/h7,10,16,19,25-26,28-29,31-32,34-35,37-38,40-41,69H,4-6,8-9,11-15,17-18,20-24,27,30,33,36,39,42-68H2,1-3H3/b10-7-,19-16-,28-25-,29-26-,32-31-,35-34-,38-37-,41-40-. The highest BCUT2D eigenvalue weighted by atomic mass is 16.6. The molecule has 6 nitrogen and oxygen atoms in total. The number of esters is 3. The monoisotopic (exact) mass is 1080 g/mol. The molecule has 1 unspecified atom stereocenters. The Hall–Kier alpha value is -3.67. The van der Waals surface area contributed by atoms with Crippen molar-refractivity contribution >= 4 is 17.9 Å². The van der Waals surface area contributed by atoms with Gasteiger partial charge < -0.3 is 14.2 Å². The van der Waals surface area contributed by atoms with Crippen molar-refractivity contribution in [2.75, 3.05) is 13.2 Å². The quantitative estimate of drug-likeness (QED) is 0.0261. The molecule has 0 N–H and O–H groups in total. The van der Waals surface area contributed by atoms with Gasteiger partial charge in [0.05, 0.1) is 0 Å². The molecule has 78 heavy (non-hydrogen) atoms. The average Bonchev–Trinajstić information content (AvgIpc) is 3.44. The van der Waals surface area contributed by atoms with Gasteiger partial charge in [0.2, 0.25) is 0 Å². The van der Waals surface area contributed by atoms with Gasteiger partial charge in [0, 0.05) is 19.3 Å². The van der Waals surface area contributed by atoms with E-state index < -0.39 is 6.10 Å². The zero-order valence-electron chi connectivity index (χ0n) is 51.4. The van der Waals surface area contributed by atoms with Gasteiger partial charge in [-0.3, -0.25) is 14.4 Å². The molecule has 0 saturated carbocycles. The van der Waals surface area contributed by atoms with E-state index in [1.54, 1.807) is 0 Å². The highest BCUT2D eigenvalue weighted by molar-refractivity contribution is 5.71. The van der Waals surface area contributed by atoms with Gasteiger partial charge in [-0.25, -0.2) is 0 Å². The number of carbonyl (C=O) groups is 3. The van der Waals surface area contributed by atoms with Crippen LogP contribution in [0.15, 0.2) is 97.2 Å². The minimum Gasteiger partial charge on any atom is -0.462 e. The number of unbranched alkanes of at least 4 members (excludes halogenated alkanes) is 33. The van der Waals surface area contributed by atoms with E-state index in [1.807, 2.05) is 0 Å². The Labute approximate surface area is 483 Å². The Morgan fingerprint density at radius 3 is 0.795 bits per heavy atom. The fourth-order valence-electron chi connectivity index (χ4n) is 9.36. The van der Waals surface area contributed by atoms with Crippen molar-refractivity contribution < 1.29 is 28.6 Å². The fourth-order valence-corrected chi connectivity index (χ4v) is 9.36. The van der Waals surface area contributed by atoms with Gasteiger partial charge in [-0.2, -0.15) is 0 Å². The molecule has 0 aliphatic heterocycles. The molecule has 0 aromatic carbocycles. The van der Waals surface area contributed by atoms with Crippen LogP contribution < -0.4 is 0 Å². The number of hydrogen-bond acceptors (Lipinski definition) is 6. The smallest absolute Gasteiger partial charge is 0.306 e. The van der Waals surface area contributed by atoms with Crippen LogP contribution in [0.25, 0.3) is 0 Å². The summed E-state index contributed by atoms with van der Waals surface area (Å²) in [4.78, 5) is 38.3. The summed E-state index contributed by atoms with van der Waals surface area (Å²) in [5.41, 5.74) is 0. The van der Waals surface area contributed by atoms with Crippen molar-refractivity contribution in [1.82, 2.24) is 0 Å². The summed E-state index contributed by atoms with van der Waals surface area (Å²) in [6, 6.07) is 0. The molecule has 0 spiro atoms. The zero-order valence-corrected chi connectivity index (χ0v) is 51.4. The van der Waals surface area contributed by atoms with Gasteiger partial charge in [0.1, 0.15) is 13.2 Å². The van der Waals surface area contributed by atoms with E-state index in [0.29, 0.717) is 19.3 Å². The van der Waals surface area contributed by atoms with Crippen molar-refractivity contribution in [2.24, 2.45) is 0 Å². The summed E-state index contributed by atoms with van der Waals surface area (Å²) in [5, 5.41) is 0. The zero-order chi connectivity index (χ0) is 56.4. The van der Waals surface area contributed by atoms with Crippen LogP contribution in [-0.4, -0.2) is 37.2 Å².